The second-order valence-electron chi connectivity index (χ2n) is 10.6. The zero-order chi connectivity index (χ0) is 28.8. The van der Waals surface area contributed by atoms with Crippen molar-refractivity contribution in [3.05, 3.63) is 52.3 Å². The Labute approximate surface area is 226 Å². The summed E-state index contributed by atoms with van der Waals surface area (Å²) in [4.78, 5) is 31.5. The van der Waals surface area contributed by atoms with E-state index in [9.17, 15) is 35.9 Å². The van der Waals surface area contributed by atoms with Crippen LogP contribution >= 0.6 is 0 Å². The van der Waals surface area contributed by atoms with Crippen molar-refractivity contribution in [2.45, 2.75) is 69.8 Å². The van der Waals surface area contributed by atoms with Gasteiger partial charge in [-0.1, -0.05) is 6.42 Å². The van der Waals surface area contributed by atoms with Crippen LogP contribution in [0.25, 0.3) is 0 Å². The molecule has 1 aromatic heterocycles. The summed E-state index contributed by atoms with van der Waals surface area (Å²) in [6, 6.07) is 3.34. The highest BCUT2D eigenvalue weighted by Crippen LogP contribution is 2.36. The summed E-state index contributed by atoms with van der Waals surface area (Å²) in [7, 11) is 2.09. The second kappa shape index (κ2) is 10.6. The predicted molar refractivity (Wildman–Crippen MR) is 129 cm³/mol. The number of nitrogens with zero attached hydrogens (tertiary/aromatic N) is 5. The topological polar surface area (TPSA) is 70.9 Å². The monoisotopic (exact) mass is 573 g/mol. The van der Waals surface area contributed by atoms with Crippen molar-refractivity contribution >= 4 is 12.0 Å². The third kappa shape index (κ3) is 5.91. The smallest absolute Gasteiger partial charge is 0.416 e. The molecule has 40 heavy (non-hydrogen) atoms. The van der Waals surface area contributed by atoms with Gasteiger partial charge in [0.25, 0.3) is 5.91 Å². The minimum Gasteiger partial charge on any atom is -0.445 e. The Morgan fingerprint density at radius 2 is 1.52 bits per heavy atom. The molecule has 0 spiro atoms. The highest BCUT2D eigenvalue weighted by molar-refractivity contribution is 5.92. The molecule has 0 aliphatic carbocycles. The molecule has 218 valence electrons. The molecule has 2 saturated heterocycles. The minimum atomic E-state index is -5.00. The van der Waals surface area contributed by atoms with Crippen molar-refractivity contribution in [1.82, 2.24) is 24.5 Å². The number of piperidine rings is 1. The van der Waals surface area contributed by atoms with Gasteiger partial charge in [0.15, 0.2) is 5.69 Å². The molecule has 0 N–H and O–H groups in total. The number of likely N-dealkylation sites (tertiary alicyclic amines) is 1. The molecule has 0 saturated carbocycles. The van der Waals surface area contributed by atoms with E-state index in [1.54, 1.807) is 10.7 Å². The summed E-state index contributed by atoms with van der Waals surface area (Å²) >= 11 is 0. The van der Waals surface area contributed by atoms with E-state index in [1.807, 2.05) is 4.90 Å². The first-order valence-corrected chi connectivity index (χ1v) is 13.1. The van der Waals surface area contributed by atoms with Gasteiger partial charge in [0, 0.05) is 38.3 Å². The Morgan fingerprint density at radius 3 is 2.12 bits per heavy atom. The summed E-state index contributed by atoms with van der Waals surface area (Å²) in [6.45, 7) is 1.18. The van der Waals surface area contributed by atoms with Crippen LogP contribution in [0.4, 0.5) is 31.1 Å². The highest BCUT2D eigenvalue weighted by atomic mass is 19.4. The average molecular weight is 574 g/mol. The van der Waals surface area contributed by atoms with Crippen LogP contribution < -0.4 is 0 Å². The molecule has 2 fully saturated rings. The number of halogens is 6. The number of hydrogen-bond donors (Lipinski definition) is 0. The maximum Gasteiger partial charge on any atom is 0.416 e. The number of aromatic nitrogens is 2. The molecular weight excluding hydrogens is 544 g/mol. The van der Waals surface area contributed by atoms with E-state index in [0.29, 0.717) is 56.0 Å². The molecule has 14 heteroatoms. The van der Waals surface area contributed by atoms with Gasteiger partial charge < -0.3 is 14.5 Å². The molecule has 2 amide bonds. The number of carbonyl (C=O) groups excluding carboxylic acids is 2. The Balaban J connectivity index is 1.25. The van der Waals surface area contributed by atoms with Crippen LogP contribution in [0, 0.1) is 0 Å². The van der Waals surface area contributed by atoms with Gasteiger partial charge in [-0.2, -0.15) is 31.4 Å². The van der Waals surface area contributed by atoms with Gasteiger partial charge in [-0.05, 0) is 56.1 Å². The Morgan fingerprint density at radius 1 is 0.900 bits per heavy atom. The number of hydrogen-bond acceptors (Lipinski definition) is 5. The quantitative estimate of drug-likeness (QED) is 0.495. The van der Waals surface area contributed by atoms with Crippen LogP contribution in [0.15, 0.2) is 24.3 Å². The van der Waals surface area contributed by atoms with Crippen molar-refractivity contribution in [2.75, 3.05) is 26.7 Å². The van der Waals surface area contributed by atoms with Crippen molar-refractivity contribution in [3.8, 4) is 0 Å². The normalized spacial score (nSPS) is 22.1. The van der Waals surface area contributed by atoms with Gasteiger partial charge in [-0.3, -0.25) is 14.4 Å². The summed E-state index contributed by atoms with van der Waals surface area (Å²) in [6.07, 6.45) is -7.21. The van der Waals surface area contributed by atoms with E-state index in [2.05, 4.69) is 17.0 Å². The number of likely N-dealkylation sites (N-methyl/N-ethyl adjacent to an activating group) is 1. The van der Waals surface area contributed by atoms with E-state index < -0.39 is 41.7 Å². The second-order valence-corrected chi connectivity index (χ2v) is 10.6. The van der Waals surface area contributed by atoms with Gasteiger partial charge in [0.1, 0.15) is 6.61 Å². The zero-order valence-electron chi connectivity index (χ0n) is 21.8. The number of rotatable bonds is 3. The number of fused-ring (bicyclic) bond motifs is 3. The molecule has 2 atom stereocenters. The lowest BCUT2D eigenvalue weighted by molar-refractivity contribution is -0.143. The van der Waals surface area contributed by atoms with Gasteiger partial charge in [0.05, 0.1) is 23.4 Å². The van der Waals surface area contributed by atoms with Gasteiger partial charge in [0.2, 0.25) is 0 Å². The summed E-state index contributed by atoms with van der Waals surface area (Å²) in [5.74, 6) is -0.176. The number of amides is 2. The van der Waals surface area contributed by atoms with Gasteiger partial charge in [-0.15, -0.1) is 0 Å². The maximum atomic E-state index is 13.3. The third-order valence-corrected chi connectivity index (χ3v) is 7.88. The van der Waals surface area contributed by atoms with Crippen LogP contribution in [-0.4, -0.2) is 75.2 Å². The first kappa shape index (κ1) is 28.2. The predicted octanol–water partition coefficient (Wildman–Crippen LogP) is 4.77. The molecule has 1 aromatic carbocycles. The third-order valence-electron chi connectivity index (χ3n) is 7.88. The molecule has 5 rings (SSSR count). The summed E-state index contributed by atoms with van der Waals surface area (Å²) in [5, 5.41) is 4.47. The number of alkyl halides is 6. The Kier molecular flexibility index (Phi) is 7.48. The molecule has 2 unspecified atom stereocenters. The van der Waals surface area contributed by atoms with Gasteiger partial charge in [-0.25, -0.2) is 4.79 Å². The fourth-order valence-corrected chi connectivity index (χ4v) is 5.71. The van der Waals surface area contributed by atoms with E-state index in [0.717, 1.165) is 19.3 Å². The van der Waals surface area contributed by atoms with E-state index >= 15 is 0 Å². The van der Waals surface area contributed by atoms with E-state index in [4.69, 9.17) is 4.74 Å². The van der Waals surface area contributed by atoms with Crippen molar-refractivity contribution in [3.63, 3.8) is 0 Å². The fourth-order valence-electron chi connectivity index (χ4n) is 5.71. The van der Waals surface area contributed by atoms with Crippen molar-refractivity contribution < 1.29 is 40.7 Å². The number of piperazine rings is 1. The van der Waals surface area contributed by atoms with Gasteiger partial charge >= 0.3 is 18.4 Å². The highest BCUT2D eigenvalue weighted by Gasteiger charge is 2.39. The minimum absolute atomic E-state index is 0.0225. The lowest BCUT2D eigenvalue weighted by Crippen LogP contribution is -2.60. The van der Waals surface area contributed by atoms with Crippen molar-refractivity contribution in [2.24, 2.45) is 0 Å². The van der Waals surface area contributed by atoms with Crippen LogP contribution in [-0.2, 0) is 36.8 Å². The van der Waals surface area contributed by atoms with E-state index in [-0.39, 0.29) is 30.8 Å². The molecule has 8 nitrogen and oxygen atoms in total. The molecule has 3 aliphatic heterocycles. The zero-order valence-corrected chi connectivity index (χ0v) is 21.8. The largest absolute Gasteiger partial charge is 0.445 e. The lowest BCUT2D eigenvalue weighted by Gasteiger charge is -2.48. The first-order chi connectivity index (χ1) is 18.8. The molecule has 3 aliphatic rings. The molecule has 0 radical (unpaired) electrons. The molecule has 2 aromatic rings. The number of ether oxygens (including phenoxy) is 1. The summed E-state index contributed by atoms with van der Waals surface area (Å²) < 4.78 is 85.6. The SMILES string of the molecule is CN1C2CCCC1CN(C(=O)c1cc3n(n1)CCCN(C(=O)OCc1cc(C(F)(F)F)cc(C(F)(F)F)c1)C3)C2. The number of aryl methyl sites for hydroxylation is 1. The molecule has 2 bridgehead atoms. The van der Waals surface area contributed by atoms with Crippen LogP contribution in [0.1, 0.15) is 58.6 Å². The number of benzene rings is 1. The van der Waals surface area contributed by atoms with Crippen LogP contribution in [0.5, 0.6) is 0 Å². The first-order valence-electron chi connectivity index (χ1n) is 13.1. The standard InChI is InChI=1S/C26H29F6N5O3/c1-34-19-4-2-5-20(34)13-36(12-19)23(38)22-11-21-14-35(6-3-7-37(21)33-22)24(39)40-15-16-8-17(25(27,28)29)10-18(9-16)26(30,31)32/h8-11,19-20H,2-7,12-15H2,1H3. The lowest BCUT2D eigenvalue weighted by atomic mass is 9.92. The average Bonchev–Trinajstić information content (AvgIpc) is 3.16. The summed E-state index contributed by atoms with van der Waals surface area (Å²) in [5.41, 5.74) is -2.52. The maximum absolute atomic E-state index is 13.3. The Hall–Kier alpha value is -3.29. The number of carbonyl (C=O) groups is 2. The fraction of sp³-hybridized carbons (Fsp3) is 0.577. The van der Waals surface area contributed by atoms with Crippen LogP contribution in [0.3, 0.4) is 0 Å². The van der Waals surface area contributed by atoms with Crippen molar-refractivity contribution in [1.29, 1.82) is 0 Å². The van der Waals surface area contributed by atoms with E-state index in [1.165, 1.54) is 4.90 Å². The van der Waals surface area contributed by atoms with Crippen LogP contribution in [0.2, 0.25) is 0 Å². The Bertz CT molecular complexity index is 1230. The molecule has 4 heterocycles. The molecular formula is C26H29F6N5O3.